The Morgan fingerprint density at radius 3 is 2.63 bits per heavy atom. The lowest BCUT2D eigenvalue weighted by molar-refractivity contribution is -0.117. The number of aliphatic hydroxyl groups is 1. The van der Waals surface area contributed by atoms with Gasteiger partial charge in [-0.15, -0.1) is 10.2 Å². The van der Waals surface area contributed by atoms with Gasteiger partial charge in [-0.25, -0.2) is 0 Å². The first-order valence-electron chi connectivity index (χ1n) is 11.7. The number of ketones is 1. The number of Topliss-reactive ketones (excluding diaryl/α,β-unsaturated/α-hetero) is 1. The highest BCUT2D eigenvalue weighted by Crippen LogP contribution is 2.41. The smallest absolute Gasteiger partial charge is 0.221 e. The summed E-state index contributed by atoms with van der Waals surface area (Å²) in [6.45, 7) is 3.23. The number of aromatic nitrogens is 3. The van der Waals surface area contributed by atoms with Crippen LogP contribution < -0.4 is 10.1 Å². The molecule has 2 N–H and O–H groups in total. The molecule has 1 unspecified atom stereocenters. The van der Waals surface area contributed by atoms with Crippen molar-refractivity contribution in [3.05, 3.63) is 59.9 Å². The average molecular weight is 495 g/mol. The molecule has 0 radical (unpaired) electrons. The molecular weight excluding hydrogens is 464 g/mol. The first-order chi connectivity index (χ1) is 16.9. The van der Waals surface area contributed by atoms with Crippen LogP contribution in [-0.2, 0) is 16.0 Å². The zero-order chi connectivity index (χ0) is 24.8. The monoisotopic (exact) mass is 494 g/mol. The number of hydrogen-bond acceptors (Lipinski definition) is 7. The number of benzene rings is 2. The number of nitrogens with zero attached hydrogens (tertiary/aromatic N) is 3. The van der Waals surface area contributed by atoms with E-state index in [4.69, 9.17) is 4.74 Å². The van der Waals surface area contributed by atoms with Gasteiger partial charge in [-0.1, -0.05) is 30.0 Å². The predicted octanol–water partition coefficient (Wildman–Crippen LogP) is 4.16. The second-order valence-corrected chi connectivity index (χ2v) is 9.79. The maximum atomic E-state index is 11.5. The number of nitrogens with one attached hydrogen (secondary N) is 1. The van der Waals surface area contributed by atoms with E-state index in [9.17, 15) is 14.7 Å². The Kier molecular flexibility index (Phi) is 8.20. The summed E-state index contributed by atoms with van der Waals surface area (Å²) in [5, 5.41) is 22.8. The lowest BCUT2D eigenvalue weighted by Crippen LogP contribution is -2.20. The van der Waals surface area contributed by atoms with Gasteiger partial charge in [-0.2, -0.15) is 0 Å². The summed E-state index contributed by atoms with van der Waals surface area (Å²) in [6.07, 6.45) is 2.71. The molecule has 0 saturated heterocycles. The van der Waals surface area contributed by atoms with Crippen LogP contribution in [0.5, 0.6) is 5.75 Å². The highest BCUT2D eigenvalue weighted by molar-refractivity contribution is 7.99. The Labute approximate surface area is 209 Å². The van der Waals surface area contributed by atoms with E-state index >= 15 is 0 Å². The molecule has 1 saturated carbocycles. The van der Waals surface area contributed by atoms with Gasteiger partial charge in [0.1, 0.15) is 24.0 Å². The number of anilines is 1. The summed E-state index contributed by atoms with van der Waals surface area (Å²) in [6, 6.07) is 15.2. The van der Waals surface area contributed by atoms with E-state index < -0.39 is 6.10 Å². The summed E-state index contributed by atoms with van der Waals surface area (Å²) in [5.74, 6) is 2.40. The topological polar surface area (TPSA) is 106 Å². The average Bonchev–Trinajstić information content (AvgIpc) is 3.59. The van der Waals surface area contributed by atoms with Crippen molar-refractivity contribution >= 4 is 29.1 Å². The van der Waals surface area contributed by atoms with Gasteiger partial charge >= 0.3 is 0 Å². The molecule has 0 spiro atoms. The van der Waals surface area contributed by atoms with Gasteiger partial charge in [0.15, 0.2) is 5.16 Å². The molecule has 4 rings (SSSR count). The molecule has 1 aliphatic carbocycles. The number of rotatable bonds is 12. The van der Waals surface area contributed by atoms with Gasteiger partial charge in [0.05, 0.1) is 11.8 Å². The van der Waals surface area contributed by atoms with Crippen LogP contribution in [0.2, 0.25) is 0 Å². The molecule has 2 aromatic carbocycles. The van der Waals surface area contributed by atoms with Gasteiger partial charge in [0.25, 0.3) is 0 Å². The molecule has 1 amide bonds. The fourth-order valence-corrected chi connectivity index (χ4v) is 4.50. The highest BCUT2D eigenvalue weighted by Gasteiger charge is 2.31. The second-order valence-electron chi connectivity index (χ2n) is 8.80. The Balaban J connectivity index is 1.37. The van der Waals surface area contributed by atoms with Crippen molar-refractivity contribution in [2.45, 2.75) is 56.7 Å². The number of thioether (sulfide) groups is 1. The molecule has 8 nitrogen and oxygen atoms in total. The largest absolute Gasteiger partial charge is 0.491 e. The molecule has 35 heavy (non-hydrogen) atoms. The Hall–Kier alpha value is -3.17. The minimum atomic E-state index is -0.697. The molecule has 1 aliphatic rings. The van der Waals surface area contributed by atoms with Crippen LogP contribution in [0.3, 0.4) is 0 Å². The first kappa shape index (κ1) is 24.9. The van der Waals surface area contributed by atoms with E-state index in [1.54, 1.807) is 6.92 Å². The number of amides is 1. The van der Waals surface area contributed by atoms with E-state index in [-0.39, 0.29) is 18.3 Å². The molecule has 0 aliphatic heterocycles. The third kappa shape index (κ3) is 7.16. The van der Waals surface area contributed by atoms with Crippen LogP contribution in [0.1, 0.15) is 50.4 Å². The number of aliphatic hydroxyl groups excluding tert-OH is 1. The molecule has 9 heteroatoms. The van der Waals surface area contributed by atoms with Gasteiger partial charge in [-0.05, 0) is 62.1 Å². The summed E-state index contributed by atoms with van der Waals surface area (Å²) >= 11 is 1.42. The minimum absolute atomic E-state index is 0.128. The molecule has 1 atom stereocenters. The maximum absolute atomic E-state index is 11.5. The summed E-state index contributed by atoms with van der Waals surface area (Å²) in [4.78, 5) is 22.6. The van der Waals surface area contributed by atoms with Crippen molar-refractivity contribution in [2.75, 3.05) is 17.7 Å². The van der Waals surface area contributed by atoms with Crippen molar-refractivity contribution in [2.24, 2.45) is 0 Å². The lowest BCUT2D eigenvalue weighted by atomic mass is 10.1. The van der Waals surface area contributed by atoms with E-state index in [0.29, 0.717) is 41.1 Å². The Morgan fingerprint density at radius 2 is 1.94 bits per heavy atom. The summed E-state index contributed by atoms with van der Waals surface area (Å²) in [7, 11) is 0. The molecule has 3 aromatic rings. The molecule has 1 aromatic heterocycles. The Morgan fingerprint density at radius 1 is 1.17 bits per heavy atom. The van der Waals surface area contributed by atoms with Crippen LogP contribution in [0.25, 0.3) is 5.69 Å². The predicted molar refractivity (Wildman–Crippen MR) is 135 cm³/mol. The van der Waals surface area contributed by atoms with Crippen LogP contribution in [0, 0.1) is 0 Å². The third-order valence-electron chi connectivity index (χ3n) is 5.56. The van der Waals surface area contributed by atoms with E-state index in [0.717, 1.165) is 29.9 Å². The van der Waals surface area contributed by atoms with Crippen molar-refractivity contribution < 1.29 is 19.4 Å². The van der Waals surface area contributed by atoms with Gasteiger partial charge in [0.2, 0.25) is 5.91 Å². The fraction of sp³-hybridized carbons (Fsp3) is 0.385. The zero-order valence-electron chi connectivity index (χ0n) is 19.9. The van der Waals surface area contributed by atoms with E-state index in [1.807, 2.05) is 53.1 Å². The normalized spacial score (nSPS) is 13.9. The molecule has 1 heterocycles. The summed E-state index contributed by atoms with van der Waals surface area (Å²) < 4.78 is 7.76. The van der Waals surface area contributed by atoms with Gasteiger partial charge in [-0.3, -0.25) is 9.36 Å². The number of hydrogen-bond donors (Lipinski definition) is 2. The molecule has 1 fully saturated rings. The van der Waals surface area contributed by atoms with Gasteiger partial charge in [0, 0.05) is 30.7 Å². The van der Waals surface area contributed by atoms with E-state index in [2.05, 4.69) is 15.5 Å². The highest BCUT2D eigenvalue weighted by atomic mass is 32.2. The van der Waals surface area contributed by atoms with Crippen LogP contribution in [0.4, 0.5) is 5.69 Å². The minimum Gasteiger partial charge on any atom is -0.491 e. The number of aryl methyl sites for hydroxylation is 1. The molecular formula is C26H30N4O4S. The number of carbonyl (C=O) groups excluding carboxylic acids is 2. The van der Waals surface area contributed by atoms with Crippen molar-refractivity contribution in [3.63, 3.8) is 0 Å². The van der Waals surface area contributed by atoms with E-state index in [1.165, 1.54) is 18.7 Å². The standard InChI is InChI=1S/C26H30N4O4S/c1-17(31)6-7-19-8-12-24(13-9-19)34-15-23(33)16-35-26-29-28-25(20-10-11-20)30(26)22-5-3-4-21(14-22)27-18(2)32/h3-5,8-9,12-14,20,23,33H,6-7,10-11,15-16H2,1-2H3,(H,27,32). The quantitative estimate of drug-likeness (QED) is 0.364. The Bertz CT molecular complexity index is 1170. The van der Waals surface area contributed by atoms with Gasteiger partial charge < -0.3 is 20.0 Å². The van der Waals surface area contributed by atoms with Crippen LogP contribution >= 0.6 is 11.8 Å². The SMILES string of the molecule is CC(=O)CCc1ccc(OCC(O)CSc2nnc(C3CC3)n2-c2cccc(NC(C)=O)c2)cc1. The zero-order valence-corrected chi connectivity index (χ0v) is 20.8. The lowest BCUT2D eigenvalue weighted by Gasteiger charge is -2.14. The third-order valence-corrected chi connectivity index (χ3v) is 6.64. The number of carbonyl (C=O) groups is 2. The van der Waals surface area contributed by atoms with Crippen LogP contribution in [-0.4, -0.2) is 50.0 Å². The maximum Gasteiger partial charge on any atom is 0.221 e. The number of ether oxygens (including phenoxy) is 1. The van der Waals surface area contributed by atoms with Crippen molar-refractivity contribution in [3.8, 4) is 11.4 Å². The second kappa shape index (κ2) is 11.5. The van der Waals surface area contributed by atoms with Crippen LogP contribution in [0.15, 0.2) is 53.7 Å². The molecule has 184 valence electrons. The fourth-order valence-electron chi connectivity index (χ4n) is 3.63. The first-order valence-corrected chi connectivity index (χ1v) is 12.7. The molecule has 0 bridgehead atoms. The van der Waals surface area contributed by atoms with Crippen molar-refractivity contribution in [1.29, 1.82) is 0 Å². The van der Waals surface area contributed by atoms with Crippen molar-refractivity contribution in [1.82, 2.24) is 14.8 Å². The summed E-state index contributed by atoms with van der Waals surface area (Å²) in [5.41, 5.74) is 2.67.